The van der Waals surface area contributed by atoms with E-state index in [2.05, 4.69) is 423 Å². The van der Waals surface area contributed by atoms with Crippen molar-refractivity contribution in [3.8, 4) is 12.1 Å². The van der Waals surface area contributed by atoms with Crippen LogP contribution in [-0.2, 0) is 81.8 Å². The molecule has 0 unspecified atom stereocenters. The Kier molecular flexibility index (Phi) is 19.9. The van der Waals surface area contributed by atoms with Gasteiger partial charge in [0.25, 0.3) is 0 Å². The first-order chi connectivity index (χ1) is 63.2. The fourth-order valence-corrected chi connectivity index (χ4v) is 26.9. The first-order valence-electron chi connectivity index (χ1n) is 45.8. The molecule has 0 saturated heterocycles. The smallest absolute Gasteiger partial charge is 0.0995 e. The lowest BCUT2D eigenvalue weighted by Crippen LogP contribution is -2.42. The highest BCUT2D eigenvalue weighted by Crippen LogP contribution is 2.65. The number of para-hydroxylation sites is 4. The summed E-state index contributed by atoms with van der Waals surface area (Å²) in [5.74, 6) is 0. The summed E-state index contributed by atoms with van der Waals surface area (Å²) in [5.41, 5.74) is 40.8. The maximum absolute atomic E-state index is 10.6. The Morgan fingerprint density at radius 3 is 0.809 bits per heavy atom. The normalized spacial score (nSPS) is 16.9. The minimum absolute atomic E-state index is 0.126. The molecular formula is C122H97BrCl4N4. The van der Waals surface area contributed by atoms with E-state index in [0.29, 0.717) is 21.2 Å². The molecule has 4 nitrogen and oxygen atoms in total. The molecule has 0 saturated carbocycles. The zero-order valence-electron chi connectivity index (χ0n) is 75.2. The summed E-state index contributed by atoms with van der Waals surface area (Å²) in [4.78, 5) is 4.91. The second kappa shape index (κ2) is 30.9. The van der Waals surface area contributed by atoms with Crippen LogP contribution in [0.15, 0.2) is 338 Å². The van der Waals surface area contributed by atoms with E-state index in [9.17, 15) is 10.5 Å². The number of aryl methyl sites for hydroxylation is 3. The number of nitrogens with zero attached hydrogens (tertiary/aromatic N) is 4. The fraction of sp³-hybridized carbons (Fsp3) is 0.197. The van der Waals surface area contributed by atoms with Crippen LogP contribution in [0.5, 0.6) is 0 Å². The molecule has 2 aliphatic heterocycles. The quantitative estimate of drug-likeness (QED) is 0.173. The molecule has 640 valence electrons. The maximum atomic E-state index is 10.6. The third kappa shape index (κ3) is 12.2. The molecule has 0 fully saturated rings. The van der Waals surface area contributed by atoms with Crippen LogP contribution in [0.25, 0.3) is 0 Å². The minimum atomic E-state index is -0.758. The van der Waals surface area contributed by atoms with Crippen molar-refractivity contribution in [3.05, 3.63) is 525 Å². The summed E-state index contributed by atoms with van der Waals surface area (Å²) in [6, 6.07) is 127. The van der Waals surface area contributed by atoms with Crippen LogP contribution in [0.4, 0.5) is 34.1 Å². The summed E-state index contributed by atoms with van der Waals surface area (Å²) in [7, 11) is 0. The summed E-state index contributed by atoms with van der Waals surface area (Å²) in [5, 5.41) is 23.8. The second-order valence-corrected chi connectivity index (χ2v) is 42.1. The first-order valence-corrected chi connectivity index (χ1v) is 48.1. The van der Waals surface area contributed by atoms with E-state index >= 15 is 0 Å². The van der Waals surface area contributed by atoms with Crippen molar-refractivity contribution in [1.29, 1.82) is 10.5 Å². The number of anilines is 6. The Morgan fingerprint density at radius 1 is 0.244 bits per heavy atom. The van der Waals surface area contributed by atoms with Gasteiger partial charge in [-0.1, -0.05) is 368 Å². The molecular weight excluding hydrogens is 1740 g/mol. The number of halogens is 5. The molecule has 3 spiro atoms. The standard InChI is InChI=1S/C47H37N3.C45H37Cl2N.C30H23BrCl2/c1-45(2)35-13-5-7-15-37(35)47(38-16-8-6-14-36(38)45)41-27-33(23-21-31(41)22-24-34-32(29-49)25-30(28-48)26-42(34)47)50-43-19-11-9-17-39(43)46(3,4)40-18-10-12-20-44(40)50;1-43(2)32-13-5-7-15-34(32)45(35-16-8-6-14-33(35)43)38-27-30(23-21-28(38)22-24-31-39(45)25-29(46)26-40(31)47)48-41-19-11-9-17-36(41)44(3,4)37-18-10-12-20-42(37)48;1-29(2)22-7-3-5-9-24(22)30(25-10-6-4-8-23(25)29)26-15-19(31)13-11-18(26)12-14-21-27(30)16-20(32)17-28(21)33/h5-21,23,25-27H,22,24H2,1-4H3;5-21,23,25-27H,22,24H2,1-4H3;3-11,13,15-17H,12,14H2,1-2H3. The van der Waals surface area contributed by atoms with Crippen LogP contribution in [0.2, 0.25) is 20.1 Å². The Morgan fingerprint density at radius 2 is 0.504 bits per heavy atom. The van der Waals surface area contributed by atoms with Gasteiger partial charge in [0.2, 0.25) is 0 Å². The van der Waals surface area contributed by atoms with Gasteiger partial charge in [0, 0.05) is 63.0 Å². The lowest BCUT2D eigenvalue weighted by atomic mass is 9.53. The van der Waals surface area contributed by atoms with E-state index in [0.717, 1.165) is 75.5 Å². The highest BCUT2D eigenvalue weighted by atomic mass is 79.9. The Bertz CT molecular complexity index is 7360. The van der Waals surface area contributed by atoms with E-state index in [4.69, 9.17) is 46.4 Å². The molecule has 8 aliphatic rings. The molecule has 0 radical (unpaired) electrons. The van der Waals surface area contributed by atoms with E-state index in [1.165, 1.54) is 167 Å². The van der Waals surface area contributed by atoms with Gasteiger partial charge in [0.05, 0.1) is 62.3 Å². The predicted molar refractivity (Wildman–Crippen MR) is 544 cm³/mol. The number of fused-ring (bicyclic) bond motifs is 28. The number of rotatable bonds is 2. The van der Waals surface area contributed by atoms with Crippen LogP contribution < -0.4 is 9.80 Å². The highest BCUT2D eigenvalue weighted by molar-refractivity contribution is 9.10. The van der Waals surface area contributed by atoms with Crippen LogP contribution in [-0.4, -0.2) is 0 Å². The van der Waals surface area contributed by atoms with Gasteiger partial charge in [-0.15, -0.1) is 0 Å². The number of benzene rings is 16. The van der Waals surface area contributed by atoms with Crippen molar-refractivity contribution < 1.29 is 0 Å². The van der Waals surface area contributed by atoms with Crippen LogP contribution in [0.3, 0.4) is 0 Å². The van der Waals surface area contributed by atoms with Gasteiger partial charge in [-0.05, 0) is 291 Å². The van der Waals surface area contributed by atoms with Crippen molar-refractivity contribution in [2.24, 2.45) is 0 Å². The minimum Gasteiger partial charge on any atom is -0.310 e. The topological polar surface area (TPSA) is 54.1 Å². The highest BCUT2D eigenvalue weighted by Gasteiger charge is 2.57. The van der Waals surface area contributed by atoms with E-state index in [1.807, 2.05) is 12.1 Å². The van der Waals surface area contributed by atoms with Crippen molar-refractivity contribution in [1.82, 2.24) is 0 Å². The molecule has 9 heteroatoms. The number of hydrogen-bond acceptors (Lipinski definition) is 4. The average molecular weight is 1840 g/mol. The Hall–Kier alpha value is -12.3. The zero-order valence-corrected chi connectivity index (χ0v) is 79.8. The average Bonchev–Trinajstić information content (AvgIpc) is 1.22. The summed E-state index contributed by atoms with van der Waals surface area (Å²) >= 11 is 31.6. The van der Waals surface area contributed by atoms with Crippen molar-refractivity contribution in [3.63, 3.8) is 0 Å². The molecule has 24 rings (SSSR count). The van der Waals surface area contributed by atoms with Crippen molar-refractivity contribution in [2.75, 3.05) is 9.80 Å². The van der Waals surface area contributed by atoms with Crippen molar-refractivity contribution >= 4 is 96.5 Å². The van der Waals surface area contributed by atoms with Gasteiger partial charge in [0.1, 0.15) is 0 Å². The van der Waals surface area contributed by atoms with Gasteiger partial charge in [0.15, 0.2) is 0 Å². The third-order valence-corrected chi connectivity index (χ3v) is 32.9. The molecule has 16 aromatic rings. The van der Waals surface area contributed by atoms with Gasteiger partial charge in [-0.3, -0.25) is 0 Å². The van der Waals surface area contributed by atoms with Gasteiger partial charge >= 0.3 is 0 Å². The lowest BCUT2D eigenvalue weighted by Gasteiger charge is -2.49. The maximum Gasteiger partial charge on any atom is 0.0995 e. The molecule has 0 atom stereocenters. The van der Waals surface area contributed by atoms with Crippen LogP contribution in [0, 0.1) is 22.7 Å². The van der Waals surface area contributed by atoms with E-state index in [-0.39, 0.29) is 27.1 Å². The first kappa shape index (κ1) is 84.3. The van der Waals surface area contributed by atoms with E-state index < -0.39 is 16.2 Å². The zero-order chi connectivity index (χ0) is 90.4. The fourth-order valence-electron chi connectivity index (χ4n) is 25.3. The van der Waals surface area contributed by atoms with Crippen LogP contribution >= 0.6 is 62.3 Å². The molecule has 0 amide bonds. The van der Waals surface area contributed by atoms with Crippen molar-refractivity contribution in [2.45, 2.75) is 151 Å². The molecule has 0 N–H and O–H groups in total. The largest absolute Gasteiger partial charge is 0.310 e. The third-order valence-electron chi connectivity index (χ3n) is 31.3. The van der Waals surface area contributed by atoms with Gasteiger partial charge in [-0.25, -0.2) is 0 Å². The summed E-state index contributed by atoms with van der Waals surface area (Å²) < 4.78 is 1.08. The molecule has 16 aromatic carbocycles. The van der Waals surface area contributed by atoms with Crippen LogP contribution in [0.1, 0.15) is 236 Å². The summed E-state index contributed by atoms with van der Waals surface area (Å²) in [6.07, 6.45) is 5.06. The lowest BCUT2D eigenvalue weighted by molar-refractivity contribution is 0.557. The van der Waals surface area contributed by atoms with Gasteiger partial charge in [-0.2, -0.15) is 10.5 Å². The van der Waals surface area contributed by atoms with Gasteiger partial charge < -0.3 is 9.80 Å². The molecule has 2 heterocycles. The Balaban J connectivity index is 0.000000118. The molecule has 0 bridgehead atoms. The monoisotopic (exact) mass is 1840 g/mol. The number of nitriles is 2. The molecule has 131 heavy (non-hydrogen) atoms. The molecule has 6 aliphatic carbocycles. The Labute approximate surface area is 798 Å². The SMILES string of the molecule is CC1(C)c2ccccc2C2(c3cc(Br)ccc3CCc3c(Cl)cc(Cl)cc32)c2ccccc21.CC1(C)c2ccccc2N(c2ccc3c(c2)C2(c4ccccc4C(C)(C)c4ccccc42)c2cc(C#N)cc(C#N)c2CC3)c2ccccc21.CC1(C)c2ccccc2N(c2ccc3c(c2)C2(c4ccccc4C(C)(C)c4ccccc42)c2cc(Cl)cc(Cl)c2CC3)c2ccccc21. The number of hydrogen-bond donors (Lipinski definition) is 0. The predicted octanol–water partition coefficient (Wildman–Crippen LogP) is 31.8. The van der Waals surface area contributed by atoms with E-state index in [1.54, 1.807) is 6.07 Å². The second-order valence-electron chi connectivity index (χ2n) is 39.5. The summed E-state index contributed by atoms with van der Waals surface area (Å²) in [6.45, 7) is 23.4. The molecule has 0 aromatic heterocycles.